The molecule has 1 saturated heterocycles. The third-order valence-corrected chi connectivity index (χ3v) is 3.99. The Morgan fingerprint density at radius 3 is 2.67 bits per heavy atom. The van der Waals surface area contributed by atoms with E-state index in [1.165, 1.54) is 0 Å². The highest BCUT2D eigenvalue weighted by atomic mass is 16.5. The van der Waals surface area contributed by atoms with E-state index in [4.69, 9.17) is 14.2 Å². The molecular weight excluding hydrogens is 308 g/mol. The number of hydrogen-bond acceptors (Lipinski definition) is 5. The van der Waals surface area contributed by atoms with Gasteiger partial charge in [0.1, 0.15) is 11.5 Å². The molecule has 134 valence electrons. The van der Waals surface area contributed by atoms with Crippen LogP contribution < -0.4 is 20.1 Å². The first-order valence-electron chi connectivity index (χ1n) is 8.22. The van der Waals surface area contributed by atoms with Gasteiger partial charge in [-0.1, -0.05) is 0 Å². The minimum absolute atomic E-state index is 0.629. The van der Waals surface area contributed by atoms with Gasteiger partial charge in [0, 0.05) is 51.4 Å². The summed E-state index contributed by atoms with van der Waals surface area (Å²) >= 11 is 0. The molecule has 0 atom stereocenters. The van der Waals surface area contributed by atoms with Crippen LogP contribution in [0.5, 0.6) is 11.5 Å². The number of ether oxygens (including phenoxy) is 3. The maximum absolute atomic E-state index is 5.42. The Kier molecular flexibility index (Phi) is 7.64. The van der Waals surface area contributed by atoms with E-state index < -0.39 is 0 Å². The maximum atomic E-state index is 5.42. The molecule has 2 N–H and O–H groups in total. The maximum Gasteiger partial charge on any atom is 0.191 e. The summed E-state index contributed by atoms with van der Waals surface area (Å²) in [5, 5.41) is 6.65. The summed E-state index contributed by atoms with van der Waals surface area (Å²) < 4.78 is 16.0. The second-order valence-electron chi connectivity index (χ2n) is 5.48. The van der Waals surface area contributed by atoms with E-state index in [2.05, 4.69) is 20.5 Å². The van der Waals surface area contributed by atoms with E-state index in [0.717, 1.165) is 62.4 Å². The Balaban J connectivity index is 1.78. The summed E-state index contributed by atoms with van der Waals surface area (Å²) in [5.41, 5.74) is 1.05. The van der Waals surface area contributed by atoms with Gasteiger partial charge >= 0.3 is 0 Å². The van der Waals surface area contributed by atoms with Crippen molar-refractivity contribution in [3.8, 4) is 11.5 Å². The van der Waals surface area contributed by atoms with Crippen molar-refractivity contribution in [3.05, 3.63) is 23.8 Å². The lowest BCUT2D eigenvalue weighted by atomic mass is 10.2. The normalized spacial score (nSPS) is 15.9. The Hall–Kier alpha value is -1.99. The Morgan fingerprint density at radius 2 is 2.00 bits per heavy atom. The number of nitrogens with zero attached hydrogens (tertiary/aromatic N) is 2. The molecule has 1 heterocycles. The highest BCUT2D eigenvalue weighted by molar-refractivity contribution is 5.79. The predicted octanol–water partition coefficient (Wildman–Crippen LogP) is 0.701. The monoisotopic (exact) mass is 336 g/mol. The average Bonchev–Trinajstić information content (AvgIpc) is 2.65. The van der Waals surface area contributed by atoms with Gasteiger partial charge in [0.25, 0.3) is 0 Å². The molecular formula is C17H28N4O3. The zero-order chi connectivity index (χ0) is 17.2. The van der Waals surface area contributed by atoms with Crippen LogP contribution in [0.3, 0.4) is 0 Å². The highest BCUT2D eigenvalue weighted by Crippen LogP contribution is 2.24. The largest absolute Gasteiger partial charge is 0.497 e. The van der Waals surface area contributed by atoms with Crippen LogP contribution in [0.1, 0.15) is 5.56 Å². The third kappa shape index (κ3) is 5.58. The van der Waals surface area contributed by atoms with E-state index in [9.17, 15) is 0 Å². The number of methoxy groups -OCH3 is 2. The summed E-state index contributed by atoms with van der Waals surface area (Å²) in [6.07, 6.45) is 0. The lowest BCUT2D eigenvalue weighted by Crippen LogP contribution is -2.44. The van der Waals surface area contributed by atoms with Gasteiger partial charge in [-0.25, -0.2) is 0 Å². The first kappa shape index (κ1) is 18.4. The molecule has 1 fully saturated rings. The summed E-state index contributed by atoms with van der Waals surface area (Å²) in [6.45, 7) is 6.10. The van der Waals surface area contributed by atoms with Crippen molar-refractivity contribution in [2.45, 2.75) is 6.54 Å². The van der Waals surface area contributed by atoms with Crippen LogP contribution in [0.4, 0.5) is 0 Å². The molecule has 1 aliphatic heterocycles. The first-order valence-corrected chi connectivity index (χ1v) is 8.22. The molecule has 2 rings (SSSR count). The quantitative estimate of drug-likeness (QED) is 0.564. The zero-order valence-electron chi connectivity index (χ0n) is 14.8. The standard InChI is InChI=1S/C17H28N4O3/c1-18-17(19-6-7-21-8-10-24-11-9-21)20-13-14-4-5-15(22-2)12-16(14)23-3/h4-5,12H,6-11,13H2,1-3H3,(H2,18,19,20). The molecule has 0 spiro atoms. The van der Waals surface area contributed by atoms with Crippen LogP contribution in [-0.4, -0.2) is 71.5 Å². The number of guanidine groups is 1. The number of hydrogen-bond donors (Lipinski definition) is 2. The van der Waals surface area contributed by atoms with Crippen LogP contribution >= 0.6 is 0 Å². The van der Waals surface area contributed by atoms with Crippen molar-refractivity contribution < 1.29 is 14.2 Å². The first-order chi connectivity index (χ1) is 11.8. The van der Waals surface area contributed by atoms with E-state index in [0.29, 0.717) is 6.54 Å². The van der Waals surface area contributed by atoms with Crippen molar-refractivity contribution in [1.82, 2.24) is 15.5 Å². The molecule has 7 nitrogen and oxygen atoms in total. The summed E-state index contributed by atoms with van der Waals surface area (Å²) in [4.78, 5) is 6.65. The van der Waals surface area contributed by atoms with Crippen molar-refractivity contribution in [1.29, 1.82) is 0 Å². The fourth-order valence-electron chi connectivity index (χ4n) is 2.55. The molecule has 1 aromatic carbocycles. The molecule has 0 aliphatic carbocycles. The van der Waals surface area contributed by atoms with Gasteiger partial charge in [-0.15, -0.1) is 0 Å². The number of benzene rings is 1. The fraction of sp³-hybridized carbons (Fsp3) is 0.588. The minimum Gasteiger partial charge on any atom is -0.497 e. The van der Waals surface area contributed by atoms with Crippen molar-refractivity contribution >= 4 is 5.96 Å². The van der Waals surface area contributed by atoms with Gasteiger partial charge in [0.2, 0.25) is 0 Å². The van der Waals surface area contributed by atoms with Crippen molar-refractivity contribution in [2.75, 3.05) is 60.7 Å². The van der Waals surface area contributed by atoms with Gasteiger partial charge < -0.3 is 24.8 Å². The molecule has 0 radical (unpaired) electrons. The smallest absolute Gasteiger partial charge is 0.191 e. The Morgan fingerprint density at radius 1 is 1.21 bits per heavy atom. The average molecular weight is 336 g/mol. The fourth-order valence-corrected chi connectivity index (χ4v) is 2.55. The summed E-state index contributed by atoms with van der Waals surface area (Å²) in [6, 6.07) is 5.80. The molecule has 0 aromatic heterocycles. The molecule has 0 saturated carbocycles. The lowest BCUT2D eigenvalue weighted by molar-refractivity contribution is 0.0389. The van der Waals surface area contributed by atoms with Gasteiger partial charge in [-0.3, -0.25) is 9.89 Å². The molecule has 1 aliphatic rings. The molecule has 7 heteroatoms. The highest BCUT2D eigenvalue weighted by Gasteiger charge is 2.10. The molecule has 0 amide bonds. The van der Waals surface area contributed by atoms with Crippen LogP contribution in [0.2, 0.25) is 0 Å². The number of rotatable bonds is 7. The van der Waals surface area contributed by atoms with E-state index in [-0.39, 0.29) is 0 Å². The topological polar surface area (TPSA) is 67.4 Å². The second kappa shape index (κ2) is 10.00. The Bertz CT molecular complexity index is 531. The van der Waals surface area contributed by atoms with Gasteiger partial charge in [0.05, 0.1) is 27.4 Å². The van der Waals surface area contributed by atoms with Crippen LogP contribution in [0.15, 0.2) is 23.2 Å². The molecule has 24 heavy (non-hydrogen) atoms. The van der Waals surface area contributed by atoms with Crippen LogP contribution in [0.25, 0.3) is 0 Å². The van der Waals surface area contributed by atoms with Gasteiger partial charge in [-0.05, 0) is 12.1 Å². The SMILES string of the molecule is CN=C(NCCN1CCOCC1)NCc1ccc(OC)cc1OC. The van der Waals surface area contributed by atoms with Crippen LogP contribution in [0, 0.1) is 0 Å². The number of morpholine rings is 1. The van der Waals surface area contributed by atoms with Crippen LogP contribution in [-0.2, 0) is 11.3 Å². The number of aliphatic imine (C=N–C) groups is 1. The van der Waals surface area contributed by atoms with Crippen molar-refractivity contribution in [3.63, 3.8) is 0 Å². The van der Waals surface area contributed by atoms with Crippen molar-refractivity contribution in [2.24, 2.45) is 4.99 Å². The van der Waals surface area contributed by atoms with E-state index in [1.54, 1.807) is 21.3 Å². The Labute approximate surface area is 144 Å². The molecule has 1 aromatic rings. The number of nitrogens with one attached hydrogen (secondary N) is 2. The van der Waals surface area contributed by atoms with Gasteiger partial charge in [0.15, 0.2) is 5.96 Å². The molecule has 0 unspecified atom stereocenters. The second-order valence-corrected chi connectivity index (χ2v) is 5.48. The zero-order valence-corrected chi connectivity index (χ0v) is 14.8. The predicted molar refractivity (Wildman–Crippen MR) is 95.0 cm³/mol. The third-order valence-electron chi connectivity index (χ3n) is 3.99. The van der Waals surface area contributed by atoms with E-state index in [1.807, 2.05) is 18.2 Å². The molecule has 0 bridgehead atoms. The minimum atomic E-state index is 0.629. The van der Waals surface area contributed by atoms with E-state index >= 15 is 0 Å². The lowest BCUT2D eigenvalue weighted by Gasteiger charge is -2.26. The summed E-state index contributed by atoms with van der Waals surface area (Å²) in [5.74, 6) is 2.36. The van der Waals surface area contributed by atoms with Gasteiger partial charge in [-0.2, -0.15) is 0 Å². The summed E-state index contributed by atoms with van der Waals surface area (Å²) in [7, 11) is 5.08.